The van der Waals surface area contributed by atoms with Gasteiger partial charge in [0.25, 0.3) is 0 Å². The van der Waals surface area contributed by atoms with Crippen LogP contribution in [0.25, 0.3) is 0 Å². The first-order valence-corrected chi connectivity index (χ1v) is 6.96. The smallest absolute Gasteiger partial charge is 0.00454 e. The molecule has 0 bridgehead atoms. The van der Waals surface area contributed by atoms with Gasteiger partial charge in [0.1, 0.15) is 0 Å². The highest BCUT2D eigenvalue weighted by Crippen LogP contribution is 2.44. The van der Waals surface area contributed by atoms with Crippen molar-refractivity contribution in [2.24, 2.45) is 5.41 Å². The molecule has 1 aromatic rings. The molecule has 0 radical (unpaired) electrons. The first-order chi connectivity index (χ1) is 7.35. The fourth-order valence-electron chi connectivity index (χ4n) is 2.43. The van der Waals surface area contributed by atoms with Crippen LogP contribution in [0.15, 0.2) is 17.5 Å². The second-order valence-corrected chi connectivity index (χ2v) is 5.75. The molecule has 0 atom stereocenters. The van der Waals surface area contributed by atoms with Crippen molar-refractivity contribution in [2.75, 3.05) is 13.1 Å². The monoisotopic (exact) mass is 223 g/mol. The zero-order valence-corrected chi connectivity index (χ0v) is 10.4. The van der Waals surface area contributed by atoms with Gasteiger partial charge in [-0.2, -0.15) is 0 Å². The molecule has 0 unspecified atom stereocenters. The van der Waals surface area contributed by atoms with Gasteiger partial charge in [-0.15, -0.1) is 11.3 Å². The topological polar surface area (TPSA) is 12.0 Å². The van der Waals surface area contributed by atoms with Gasteiger partial charge in [-0.25, -0.2) is 0 Å². The minimum Gasteiger partial charge on any atom is -0.316 e. The van der Waals surface area contributed by atoms with Crippen molar-refractivity contribution in [3.63, 3.8) is 0 Å². The van der Waals surface area contributed by atoms with Crippen LogP contribution in [0.2, 0.25) is 0 Å². The summed E-state index contributed by atoms with van der Waals surface area (Å²) in [7, 11) is 0. The summed E-state index contributed by atoms with van der Waals surface area (Å²) in [6.07, 6.45) is 6.97. The van der Waals surface area contributed by atoms with E-state index >= 15 is 0 Å². The molecule has 1 aromatic heterocycles. The number of nitrogens with one attached hydrogen (secondary N) is 1. The third-order valence-electron chi connectivity index (χ3n) is 3.65. The number of hydrogen-bond donors (Lipinski definition) is 1. The summed E-state index contributed by atoms with van der Waals surface area (Å²) in [6.45, 7) is 4.54. The Morgan fingerprint density at radius 1 is 1.47 bits per heavy atom. The second kappa shape index (κ2) is 5.13. The Hall–Kier alpha value is -0.340. The van der Waals surface area contributed by atoms with Crippen LogP contribution in [0.1, 0.15) is 37.5 Å². The van der Waals surface area contributed by atoms with Crippen molar-refractivity contribution < 1.29 is 0 Å². The van der Waals surface area contributed by atoms with Crippen molar-refractivity contribution in [3.8, 4) is 0 Å². The Kier molecular flexibility index (Phi) is 3.81. The number of rotatable bonds is 6. The van der Waals surface area contributed by atoms with Gasteiger partial charge in [0.2, 0.25) is 0 Å². The number of aryl methyl sites for hydroxylation is 1. The molecule has 0 amide bonds. The Morgan fingerprint density at radius 3 is 2.87 bits per heavy atom. The highest BCUT2D eigenvalue weighted by Gasteiger charge is 2.35. The summed E-state index contributed by atoms with van der Waals surface area (Å²) in [5.41, 5.74) is 0.639. The zero-order chi connectivity index (χ0) is 10.6. The molecule has 1 N–H and O–H groups in total. The van der Waals surface area contributed by atoms with Crippen LogP contribution in [-0.2, 0) is 6.42 Å². The summed E-state index contributed by atoms with van der Waals surface area (Å²) >= 11 is 1.90. The van der Waals surface area contributed by atoms with E-state index < -0.39 is 0 Å². The van der Waals surface area contributed by atoms with E-state index in [-0.39, 0.29) is 0 Å². The van der Waals surface area contributed by atoms with E-state index in [1.54, 1.807) is 4.88 Å². The van der Waals surface area contributed by atoms with Gasteiger partial charge in [-0.1, -0.05) is 19.4 Å². The Morgan fingerprint density at radius 2 is 2.33 bits per heavy atom. The van der Waals surface area contributed by atoms with Crippen molar-refractivity contribution in [1.82, 2.24) is 5.32 Å². The summed E-state index contributed by atoms with van der Waals surface area (Å²) in [5.74, 6) is 0. The van der Waals surface area contributed by atoms with Gasteiger partial charge in [-0.05, 0) is 49.1 Å². The van der Waals surface area contributed by atoms with Gasteiger partial charge >= 0.3 is 0 Å². The van der Waals surface area contributed by atoms with Gasteiger partial charge in [-0.3, -0.25) is 0 Å². The molecule has 0 saturated heterocycles. The Balaban J connectivity index is 1.80. The molecule has 0 aromatic carbocycles. The maximum absolute atomic E-state index is 3.52. The van der Waals surface area contributed by atoms with Gasteiger partial charge < -0.3 is 5.32 Å². The molecule has 1 saturated carbocycles. The molecule has 1 aliphatic carbocycles. The lowest BCUT2D eigenvalue weighted by Gasteiger charge is -2.42. The lowest BCUT2D eigenvalue weighted by Crippen LogP contribution is -2.40. The van der Waals surface area contributed by atoms with Crippen LogP contribution >= 0.6 is 11.3 Å². The van der Waals surface area contributed by atoms with E-state index in [4.69, 9.17) is 0 Å². The van der Waals surface area contributed by atoms with Crippen LogP contribution in [-0.4, -0.2) is 13.1 Å². The Bertz CT molecular complexity index is 275. The lowest BCUT2D eigenvalue weighted by atomic mass is 9.66. The third kappa shape index (κ3) is 2.82. The largest absolute Gasteiger partial charge is 0.316 e. The summed E-state index contributed by atoms with van der Waals surface area (Å²) < 4.78 is 0. The number of hydrogen-bond acceptors (Lipinski definition) is 2. The average molecular weight is 223 g/mol. The van der Waals surface area contributed by atoms with Crippen LogP contribution < -0.4 is 5.32 Å². The quantitative estimate of drug-likeness (QED) is 0.779. The first-order valence-electron chi connectivity index (χ1n) is 6.08. The van der Waals surface area contributed by atoms with Crippen molar-refractivity contribution in [1.29, 1.82) is 0 Å². The molecule has 2 heteroatoms. The molecule has 2 rings (SSSR count). The molecule has 1 nitrogen and oxygen atoms in total. The maximum Gasteiger partial charge on any atom is 0.00454 e. The van der Waals surface area contributed by atoms with Gasteiger partial charge in [0, 0.05) is 11.4 Å². The summed E-state index contributed by atoms with van der Waals surface area (Å²) in [6, 6.07) is 4.43. The van der Waals surface area contributed by atoms with Gasteiger partial charge in [0.15, 0.2) is 0 Å². The van der Waals surface area contributed by atoms with Crippen molar-refractivity contribution in [2.45, 2.75) is 39.0 Å². The van der Waals surface area contributed by atoms with Crippen LogP contribution in [0.4, 0.5) is 0 Å². The van der Waals surface area contributed by atoms with Gasteiger partial charge in [0.05, 0.1) is 0 Å². The van der Waals surface area contributed by atoms with E-state index in [9.17, 15) is 0 Å². The first kappa shape index (κ1) is 11.2. The van der Waals surface area contributed by atoms with Crippen LogP contribution in [0.3, 0.4) is 0 Å². The van der Waals surface area contributed by atoms with E-state index in [1.807, 2.05) is 11.3 Å². The highest BCUT2D eigenvalue weighted by molar-refractivity contribution is 7.09. The normalized spacial score (nSPS) is 18.7. The van der Waals surface area contributed by atoms with Crippen molar-refractivity contribution >= 4 is 11.3 Å². The maximum atomic E-state index is 3.52. The second-order valence-electron chi connectivity index (χ2n) is 4.71. The predicted octanol–water partition coefficient (Wildman–Crippen LogP) is 3.46. The molecule has 1 aliphatic rings. The minimum atomic E-state index is 0.639. The standard InChI is InChI=1S/C13H21NS/c1-2-14-11-13(7-4-8-13)9-6-12-5-3-10-15-12/h3,5,10,14H,2,4,6-9,11H2,1H3. The van der Waals surface area contributed by atoms with E-state index in [2.05, 4.69) is 29.8 Å². The van der Waals surface area contributed by atoms with E-state index in [0.29, 0.717) is 5.41 Å². The molecular formula is C13H21NS. The highest BCUT2D eigenvalue weighted by atomic mass is 32.1. The van der Waals surface area contributed by atoms with E-state index in [0.717, 1.165) is 6.54 Å². The Labute approximate surface area is 96.9 Å². The summed E-state index contributed by atoms with van der Waals surface area (Å²) in [5, 5.41) is 5.71. The predicted molar refractivity (Wildman–Crippen MR) is 67.5 cm³/mol. The summed E-state index contributed by atoms with van der Waals surface area (Å²) in [4.78, 5) is 1.55. The fourth-order valence-corrected chi connectivity index (χ4v) is 3.13. The van der Waals surface area contributed by atoms with E-state index in [1.165, 1.54) is 38.6 Å². The van der Waals surface area contributed by atoms with Crippen LogP contribution in [0, 0.1) is 5.41 Å². The number of thiophene rings is 1. The molecule has 1 heterocycles. The fraction of sp³-hybridized carbons (Fsp3) is 0.692. The molecule has 0 aliphatic heterocycles. The molecule has 84 valence electrons. The lowest BCUT2D eigenvalue weighted by molar-refractivity contribution is 0.118. The van der Waals surface area contributed by atoms with Crippen LogP contribution in [0.5, 0.6) is 0 Å². The average Bonchev–Trinajstić information content (AvgIpc) is 2.68. The molecule has 15 heavy (non-hydrogen) atoms. The SMILES string of the molecule is CCNCC1(CCc2cccs2)CCC1. The molecule has 1 fully saturated rings. The third-order valence-corrected chi connectivity index (χ3v) is 4.58. The zero-order valence-electron chi connectivity index (χ0n) is 9.59. The molecule has 0 spiro atoms. The molecular weight excluding hydrogens is 202 g/mol. The minimum absolute atomic E-state index is 0.639. The van der Waals surface area contributed by atoms with Crippen molar-refractivity contribution in [3.05, 3.63) is 22.4 Å².